The van der Waals surface area contributed by atoms with Crippen molar-refractivity contribution in [3.8, 4) is 0 Å². The first-order valence-corrected chi connectivity index (χ1v) is 16.6. The number of esters is 1. The second kappa shape index (κ2) is 33.5. The van der Waals surface area contributed by atoms with Crippen LogP contribution in [0.3, 0.4) is 0 Å². The largest absolute Gasteiger partial charge is 0.466 e. The van der Waals surface area contributed by atoms with Crippen LogP contribution in [-0.4, -0.2) is 12.6 Å². The number of carbonyl (C=O) groups is 1. The predicted octanol–water partition coefficient (Wildman–Crippen LogP) is 12.2. The van der Waals surface area contributed by atoms with E-state index in [0.717, 1.165) is 38.5 Å². The summed E-state index contributed by atoms with van der Waals surface area (Å²) >= 11 is 0. The minimum absolute atomic E-state index is 0.00100. The predicted molar refractivity (Wildman–Crippen MR) is 170 cm³/mol. The molecule has 220 valence electrons. The highest BCUT2D eigenvalue weighted by molar-refractivity contribution is 5.69. The van der Waals surface area contributed by atoms with E-state index in [-0.39, 0.29) is 5.97 Å². The first-order chi connectivity index (χ1) is 18.8. The van der Waals surface area contributed by atoms with Gasteiger partial charge in [-0.25, -0.2) is 0 Å². The van der Waals surface area contributed by atoms with Crippen LogP contribution in [0.2, 0.25) is 0 Å². The summed E-state index contributed by atoms with van der Waals surface area (Å²) in [7, 11) is 0. The zero-order valence-corrected chi connectivity index (χ0v) is 25.6. The Labute approximate surface area is 238 Å². The molecule has 0 N–H and O–H groups in total. The van der Waals surface area contributed by atoms with Gasteiger partial charge >= 0.3 is 5.97 Å². The maximum Gasteiger partial charge on any atom is 0.305 e. The second-order valence-corrected chi connectivity index (χ2v) is 10.8. The molecule has 0 rings (SSSR count). The number of rotatable bonds is 29. The molecular formula is C36H64O2. The summed E-state index contributed by atoms with van der Waals surface area (Å²) in [6, 6.07) is 0. The third-order valence-electron chi connectivity index (χ3n) is 6.95. The van der Waals surface area contributed by atoms with Crippen LogP contribution in [0.25, 0.3) is 0 Å². The number of hydrogen-bond donors (Lipinski definition) is 0. The molecule has 2 nitrogen and oxygen atoms in total. The van der Waals surface area contributed by atoms with Crippen molar-refractivity contribution in [2.75, 3.05) is 6.61 Å². The van der Waals surface area contributed by atoms with Crippen molar-refractivity contribution in [2.45, 2.75) is 168 Å². The van der Waals surface area contributed by atoms with Gasteiger partial charge in [-0.2, -0.15) is 0 Å². The number of hydrogen-bond acceptors (Lipinski definition) is 2. The van der Waals surface area contributed by atoms with Crippen molar-refractivity contribution < 1.29 is 9.53 Å². The lowest BCUT2D eigenvalue weighted by atomic mass is 10.1. The van der Waals surface area contributed by atoms with Crippen molar-refractivity contribution in [3.05, 3.63) is 48.6 Å². The van der Waals surface area contributed by atoms with Crippen molar-refractivity contribution in [3.63, 3.8) is 0 Å². The summed E-state index contributed by atoms with van der Waals surface area (Å²) in [5.74, 6) is -0.00100. The fourth-order valence-electron chi connectivity index (χ4n) is 4.50. The highest BCUT2D eigenvalue weighted by atomic mass is 16.5. The average Bonchev–Trinajstić information content (AvgIpc) is 2.92. The summed E-state index contributed by atoms with van der Waals surface area (Å²) in [6.07, 6.45) is 47.3. The number of allylic oxidation sites excluding steroid dienone is 8. The molecule has 0 unspecified atom stereocenters. The molecular weight excluding hydrogens is 464 g/mol. The van der Waals surface area contributed by atoms with Gasteiger partial charge in [-0.3, -0.25) is 4.79 Å². The van der Waals surface area contributed by atoms with E-state index in [1.165, 1.54) is 109 Å². The van der Waals surface area contributed by atoms with E-state index in [1.807, 2.05) is 0 Å². The summed E-state index contributed by atoms with van der Waals surface area (Å²) in [4.78, 5) is 11.9. The van der Waals surface area contributed by atoms with Crippen LogP contribution in [-0.2, 0) is 9.53 Å². The monoisotopic (exact) mass is 528 g/mol. The summed E-state index contributed by atoms with van der Waals surface area (Å²) in [6.45, 7) is 5.05. The van der Waals surface area contributed by atoms with Crippen molar-refractivity contribution in [2.24, 2.45) is 0 Å². The minimum Gasteiger partial charge on any atom is -0.466 e. The van der Waals surface area contributed by atoms with E-state index in [0.29, 0.717) is 13.0 Å². The Morgan fingerprint density at radius 3 is 1.45 bits per heavy atom. The molecule has 0 spiro atoms. The Kier molecular flexibility index (Phi) is 32.1. The minimum atomic E-state index is -0.00100. The Morgan fingerprint density at radius 2 is 0.895 bits per heavy atom. The molecule has 0 fully saturated rings. The van der Waals surface area contributed by atoms with Gasteiger partial charge in [0.2, 0.25) is 0 Å². The Balaban J connectivity index is 3.28. The van der Waals surface area contributed by atoms with Gasteiger partial charge in [0, 0.05) is 6.42 Å². The normalized spacial score (nSPS) is 12.2. The Morgan fingerprint density at radius 1 is 0.474 bits per heavy atom. The topological polar surface area (TPSA) is 26.3 Å². The van der Waals surface area contributed by atoms with Crippen LogP contribution < -0.4 is 0 Å². The molecule has 0 aromatic heterocycles. The van der Waals surface area contributed by atoms with Crippen molar-refractivity contribution in [1.82, 2.24) is 0 Å². The summed E-state index contributed by atoms with van der Waals surface area (Å²) < 4.78 is 5.41. The Bertz CT molecular complexity index is 584. The third-order valence-corrected chi connectivity index (χ3v) is 6.95. The van der Waals surface area contributed by atoms with E-state index < -0.39 is 0 Å². The molecule has 0 aromatic carbocycles. The SMILES string of the molecule is CC/C=C/C/C=C/C/C=C/CCCCCCCC(=O)OCCCCCCCC/C=C/CCCCCCCC. The molecule has 0 aliphatic carbocycles. The fraction of sp³-hybridized carbons (Fsp3) is 0.750. The molecule has 0 aromatic rings. The number of ether oxygens (including phenoxy) is 1. The first kappa shape index (κ1) is 36.4. The van der Waals surface area contributed by atoms with Crippen LogP contribution in [0, 0.1) is 0 Å². The van der Waals surface area contributed by atoms with Gasteiger partial charge in [0.15, 0.2) is 0 Å². The maximum atomic E-state index is 11.9. The smallest absolute Gasteiger partial charge is 0.305 e. The highest BCUT2D eigenvalue weighted by Gasteiger charge is 2.02. The molecule has 0 aliphatic rings. The van der Waals surface area contributed by atoms with E-state index in [2.05, 4.69) is 62.5 Å². The lowest BCUT2D eigenvalue weighted by molar-refractivity contribution is -0.143. The van der Waals surface area contributed by atoms with Gasteiger partial charge < -0.3 is 4.74 Å². The standard InChI is InChI=1S/C36H64O2/c1-3-5-7-9-11-13-15-17-19-21-23-25-27-29-31-33-35-38-36(37)34-32-30-28-26-24-22-20-18-16-14-12-10-8-6-4-2/h6,8,12,14,17-20H,3-5,7,9-11,13,15-16,21-35H2,1-2H3/b8-6+,14-12+,19-17+,20-18+. The molecule has 0 bridgehead atoms. The van der Waals surface area contributed by atoms with Crippen LogP contribution >= 0.6 is 0 Å². The van der Waals surface area contributed by atoms with Crippen LogP contribution in [0.4, 0.5) is 0 Å². The first-order valence-electron chi connectivity index (χ1n) is 16.6. The molecule has 0 aliphatic heterocycles. The van der Waals surface area contributed by atoms with Gasteiger partial charge in [-0.05, 0) is 70.6 Å². The molecule has 0 amide bonds. The molecule has 0 saturated carbocycles. The van der Waals surface area contributed by atoms with Crippen LogP contribution in [0.5, 0.6) is 0 Å². The Hall–Kier alpha value is -1.57. The molecule has 0 radical (unpaired) electrons. The van der Waals surface area contributed by atoms with Gasteiger partial charge in [0.1, 0.15) is 0 Å². The number of unbranched alkanes of at least 4 members (excludes halogenated alkanes) is 17. The number of carbonyl (C=O) groups excluding carboxylic acids is 1. The van der Waals surface area contributed by atoms with E-state index >= 15 is 0 Å². The molecule has 38 heavy (non-hydrogen) atoms. The molecule has 0 saturated heterocycles. The zero-order valence-electron chi connectivity index (χ0n) is 25.6. The average molecular weight is 529 g/mol. The van der Waals surface area contributed by atoms with Crippen molar-refractivity contribution in [1.29, 1.82) is 0 Å². The van der Waals surface area contributed by atoms with E-state index in [9.17, 15) is 4.79 Å². The molecule has 0 atom stereocenters. The maximum absolute atomic E-state index is 11.9. The lowest BCUT2D eigenvalue weighted by Gasteiger charge is -2.05. The second-order valence-electron chi connectivity index (χ2n) is 10.8. The van der Waals surface area contributed by atoms with Gasteiger partial charge in [-0.15, -0.1) is 0 Å². The van der Waals surface area contributed by atoms with Crippen LogP contribution in [0.15, 0.2) is 48.6 Å². The highest BCUT2D eigenvalue weighted by Crippen LogP contribution is 2.11. The van der Waals surface area contributed by atoms with Gasteiger partial charge in [0.25, 0.3) is 0 Å². The van der Waals surface area contributed by atoms with Crippen LogP contribution in [0.1, 0.15) is 168 Å². The third kappa shape index (κ3) is 32.5. The molecule has 2 heteroatoms. The summed E-state index contributed by atoms with van der Waals surface area (Å²) in [5.41, 5.74) is 0. The molecule has 0 heterocycles. The van der Waals surface area contributed by atoms with E-state index in [4.69, 9.17) is 4.74 Å². The quantitative estimate of drug-likeness (QED) is 0.0548. The summed E-state index contributed by atoms with van der Waals surface area (Å²) in [5, 5.41) is 0. The van der Waals surface area contributed by atoms with Gasteiger partial charge in [0.05, 0.1) is 6.61 Å². The van der Waals surface area contributed by atoms with E-state index in [1.54, 1.807) is 0 Å². The van der Waals surface area contributed by atoms with Crippen molar-refractivity contribution >= 4 is 5.97 Å². The zero-order chi connectivity index (χ0) is 27.6. The fourth-order valence-corrected chi connectivity index (χ4v) is 4.50. The van der Waals surface area contributed by atoms with Gasteiger partial charge in [-0.1, -0.05) is 140 Å². The lowest BCUT2D eigenvalue weighted by Crippen LogP contribution is -2.05.